The first-order valence-corrected chi connectivity index (χ1v) is 5.93. The van der Waals surface area contributed by atoms with Crippen LogP contribution >= 0.6 is 0 Å². The molecule has 0 unspecified atom stereocenters. The molecule has 1 fully saturated rings. The van der Waals surface area contributed by atoms with Gasteiger partial charge in [0.05, 0.1) is 0 Å². The lowest BCUT2D eigenvalue weighted by Crippen LogP contribution is -1.95. The van der Waals surface area contributed by atoms with Gasteiger partial charge in [0.25, 0.3) is 0 Å². The van der Waals surface area contributed by atoms with Crippen molar-refractivity contribution in [2.45, 2.75) is 19.3 Å². The number of aromatic amines is 1. The van der Waals surface area contributed by atoms with Gasteiger partial charge in [-0.2, -0.15) is 5.10 Å². The van der Waals surface area contributed by atoms with Gasteiger partial charge in [-0.15, -0.1) is 0 Å². The minimum absolute atomic E-state index is 0.260. The fourth-order valence-electron chi connectivity index (χ4n) is 2.15. The molecule has 0 aliphatic heterocycles. The Bertz CT molecular complexity index is 588. The highest BCUT2D eigenvalue weighted by Gasteiger charge is 2.26. The highest BCUT2D eigenvalue weighted by atomic mass is 19.1. The lowest BCUT2D eigenvalue weighted by molar-refractivity contribution is 0.585. The van der Waals surface area contributed by atoms with Crippen molar-refractivity contribution in [3.63, 3.8) is 0 Å². The van der Waals surface area contributed by atoms with Gasteiger partial charge in [-0.25, -0.2) is 8.78 Å². The summed E-state index contributed by atoms with van der Waals surface area (Å²) in [7, 11) is 0. The summed E-state index contributed by atoms with van der Waals surface area (Å²) >= 11 is 0. The largest absolute Gasteiger partial charge is 0.382 e. The van der Waals surface area contributed by atoms with Gasteiger partial charge in [0.1, 0.15) is 11.6 Å². The summed E-state index contributed by atoms with van der Waals surface area (Å²) in [5.41, 5.74) is 7.48. The predicted octanol–water partition coefficient (Wildman–Crippen LogP) is 2.89. The monoisotopic (exact) mass is 249 g/mol. The van der Waals surface area contributed by atoms with Crippen LogP contribution in [0.25, 0.3) is 11.1 Å². The molecule has 1 aromatic carbocycles. The normalized spacial score (nSPS) is 15.0. The van der Waals surface area contributed by atoms with Crippen LogP contribution in [0.3, 0.4) is 0 Å². The number of benzene rings is 1. The molecular weight excluding hydrogens is 236 g/mol. The molecule has 1 heterocycles. The van der Waals surface area contributed by atoms with Crippen LogP contribution in [0.1, 0.15) is 18.5 Å². The Morgan fingerprint density at radius 3 is 2.78 bits per heavy atom. The van der Waals surface area contributed by atoms with E-state index in [1.807, 2.05) is 0 Å². The van der Waals surface area contributed by atoms with Gasteiger partial charge < -0.3 is 5.73 Å². The molecule has 0 radical (unpaired) electrons. The van der Waals surface area contributed by atoms with Gasteiger partial charge in [-0.1, -0.05) is 0 Å². The lowest BCUT2D eigenvalue weighted by atomic mass is 10.0. The number of hydrogen-bond donors (Lipinski definition) is 2. The van der Waals surface area contributed by atoms with E-state index in [0.29, 0.717) is 17.0 Å². The Hall–Kier alpha value is -1.91. The topological polar surface area (TPSA) is 54.7 Å². The molecule has 2 aromatic rings. The van der Waals surface area contributed by atoms with Crippen LogP contribution in [-0.2, 0) is 6.42 Å². The van der Waals surface area contributed by atoms with E-state index in [2.05, 4.69) is 10.2 Å². The standard InChI is InChI=1S/C13H13F2N3/c14-8-3-4-9(10(15)6-8)12-11(5-7-1-2-7)17-18-13(12)16/h3-4,6-7H,1-2,5H2,(H3,16,17,18). The van der Waals surface area contributed by atoms with E-state index >= 15 is 0 Å². The van der Waals surface area contributed by atoms with Gasteiger partial charge in [0.15, 0.2) is 5.82 Å². The summed E-state index contributed by atoms with van der Waals surface area (Å²) in [6.07, 6.45) is 3.19. The third-order valence-electron chi connectivity index (χ3n) is 3.26. The number of nitrogens with two attached hydrogens (primary N) is 1. The smallest absolute Gasteiger partial charge is 0.153 e. The first kappa shape index (κ1) is 11.2. The maximum Gasteiger partial charge on any atom is 0.153 e. The van der Waals surface area contributed by atoms with Crippen LogP contribution in [0.15, 0.2) is 18.2 Å². The molecular formula is C13H13F2N3. The first-order chi connectivity index (χ1) is 8.65. The number of halogens is 2. The Balaban J connectivity index is 2.06. The third-order valence-corrected chi connectivity index (χ3v) is 3.26. The van der Waals surface area contributed by atoms with Crippen molar-refractivity contribution in [1.82, 2.24) is 10.2 Å². The number of rotatable bonds is 3. The number of aromatic nitrogens is 2. The molecule has 1 saturated carbocycles. The van der Waals surface area contributed by atoms with E-state index in [-0.39, 0.29) is 5.82 Å². The first-order valence-electron chi connectivity index (χ1n) is 5.93. The van der Waals surface area contributed by atoms with Crippen molar-refractivity contribution in [3.8, 4) is 11.1 Å². The molecule has 3 nitrogen and oxygen atoms in total. The molecule has 0 atom stereocenters. The van der Waals surface area contributed by atoms with Crippen LogP contribution in [0, 0.1) is 17.6 Å². The molecule has 1 aliphatic carbocycles. The molecule has 0 bridgehead atoms. The molecule has 0 spiro atoms. The van der Waals surface area contributed by atoms with E-state index in [4.69, 9.17) is 5.73 Å². The summed E-state index contributed by atoms with van der Waals surface area (Å²) in [6.45, 7) is 0. The van der Waals surface area contributed by atoms with Crippen molar-refractivity contribution in [1.29, 1.82) is 0 Å². The predicted molar refractivity (Wildman–Crippen MR) is 64.8 cm³/mol. The Labute approximate surface area is 103 Å². The maximum atomic E-state index is 13.8. The van der Waals surface area contributed by atoms with Gasteiger partial charge in [0, 0.05) is 22.9 Å². The minimum Gasteiger partial charge on any atom is -0.382 e. The molecule has 3 rings (SSSR count). The average Bonchev–Trinajstić information content (AvgIpc) is 3.06. The van der Waals surface area contributed by atoms with Gasteiger partial charge in [-0.05, 0) is 37.3 Å². The number of anilines is 1. The van der Waals surface area contributed by atoms with E-state index in [1.54, 1.807) is 0 Å². The van der Waals surface area contributed by atoms with Crippen LogP contribution in [0.2, 0.25) is 0 Å². The lowest BCUT2D eigenvalue weighted by Gasteiger charge is -2.05. The highest BCUT2D eigenvalue weighted by molar-refractivity contribution is 5.76. The molecule has 3 N–H and O–H groups in total. The Morgan fingerprint density at radius 2 is 2.11 bits per heavy atom. The van der Waals surface area contributed by atoms with Gasteiger partial charge in [0.2, 0.25) is 0 Å². The zero-order valence-electron chi connectivity index (χ0n) is 9.71. The second-order valence-corrected chi connectivity index (χ2v) is 4.73. The molecule has 0 saturated heterocycles. The van der Waals surface area contributed by atoms with Crippen LogP contribution in [-0.4, -0.2) is 10.2 Å². The van der Waals surface area contributed by atoms with Crippen molar-refractivity contribution in [2.24, 2.45) is 5.92 Å². The number of nitrogen functional groups attached to an aromatic ring is 1. The van der Waals surface area contributed by atoms with Gasteiger partial charge >= 0.3 is 0 Å². The van der Waals surface area contributed by atoms with E-state index in [1.165, 1.54) is 25.0 Å². The van der Waals surface area contributed by atoms with Crippen molar-refractivity contribution >= 4 is 5.82 Å². The number of H-pyrrole nitrogens is 1. The summed E-state index contributed by atoms with van der Waals surface area (Å²) in [6, 6.07) is 3.50. The second kappa shape index (κ2) is 4.08. The summed E-state index contributed by atoms with van der Waals surface area (Å²) in [4.78, 5) is 0. The van der Waals surface area contributed by atoms with Gasteiger partial charge in [-0.3, -0.25) is 5.10 Å². The number of nitrogens with zero attached hydrogens (tertiary/aromatic N) is 1. The SMILES string of the molecule is Nc1n[nH]c(CC2CC2)c1-c1ccc(F)cc1F. The zero-order chi connectivity index (χ0) is 12.7. The molecule has 1 aliphatic rings. The van der Waals surface area contributed by atoms with Crippen LogP contribution < -0.4 is 5.73 Å². The third kappa shape index (κ3) is 1.96. The molecule has 94 valence electrons. The van der Waals surface area contributed by atoms with Crippen LogP contribution in [0.4, 0.5) is 14.6 Å². The van der Waals surface area contributed by atoms with Crippen molar-refractivity contribution < 1.29 is 8.78 Å². The minimum atomic E-state index is -0.611. The average molecular weight is 249 g/mol. The second-order valence-electron chi connectivity index (χ2n) is 4.73. The van der Waals surface area contributed by atoms with Crippen molar-refractivity contribution in [2.75, 3.05) is 5.73 Å². The Kier molecular flexibility index (Phi) is 2.54. The fourth-order valence-corrected chi connectivity index (χ4v) is 2.15. The number of nitrogens with one attached hydrogen (secondary N) is 1. The van der Waals surface area contributed by atoms with Crippen molar-refractivity contribution in [3.05, 3.63) is 35.5 Å². The Morgan fingerprint density at radius 1 is 1.33 bits per heavy atom. The molecule has 0 amide bonds. The molecule has 5 heteroatoms. The number of hydrogen-bond acceptors (Lipinski definition) is 2. The quantitative estimate of drug-likeness (QED) is 0.878. The zero-order valence-corrected chi connectivity index (χ0v) is 9.71. The summed E-state index contributed by atoms with van der Waals surface area (Å²) in [5, 5.41) is 6.78. The van der Waals surface area contributed by atoms with E-state index < -0.39 is 11.6 Å². The van der Waals surface area contributed by atoms with E-state index in [0.717, 1.165) is 18.2 Å². The summed E-state index contributed by atoms with van der Waals surface area (Å²) in [5.74, 6) is -0.314. The summed E-state index contributed by atoms with van der Waals surface area (Å²) < 4.78 is 26.7. The highest BCUT2D eigenvalue weighted by Crippen LogP contribution is 2.37. The maximum absolute atomic E-state index is 13.8. The molecule has 1 aromatic heterocycles. The molecule has 18 heavy (non-hydrogen) atoms. The fraction of sp³-hybridized carbons (Fsp3) is 0.308. The van der Waals surface area contributed by atoms with E-state index in [9.17, 15) is 8.78 Å². The van der Waals surface area contributed by atoms with Crippen LogP contribution in [0.5, 0.6) is 0 Å².